The number of ether oxygens (including phenoxy) is 1. The van der Waals surface area contributed by atoms with E-state index in [0.29, 0.717) is 6.04 Å². The van der Waals surface area contributed by atoms with Crippen LogP contribution in [0.3, 0.4) is 0 Å². The molecule has 2 aliphatic rings. The Morgan fingerprint density at radius 3 is 2.60 bits per heavy atom. The van der Waals surface area contributed by atoms with Crippen LogP contribution >= 0.6 is 0 Å². The average molecular weight is 407 g/mol. The number of hydrogen-bond donors (Lipinski definition) is 2. The van der Waals surface area contributed by atoms with Crippen LogP contribution in [0.5, 0.6) is 0 Å². The highest BCUT2D eigenvalue weighted by atomic mass is 16.5. The van der Waals surface area contributed by atoms with Crippen LogP contribution in [-0.4, -0.2) is 54.8 Å². The quantitative estimate of drug-likeness (QED) is 0.693. The fraction of sp³-hybridized carbons (Fsp3) is 0.400. The number of benzene rings is 2. The Kier molecular flexibility index (Phi) is 6.62. The van der Waals surface area contributed by atoms with E-state index in [1.54, 1.807) is 0 Å². The Labute approximate surface area is 178 Å². The summed E-state index contributed by atoms with van der Waals surface area (Å²) in [6.07, 6.45) is 2.45. The van der Waals surface area contributed by atoms with E-state index in [9.17, 15) is 4.79 Å². The molecule has 2 N–H and O–H groups in total. The summed E-state index contributed by atoms with van der Waals surface area (Å²) >= 11 is 0. The first-order valence-corrected chi connectivity index (χ1v) is 10.7. The monoisotopic (exact) mass is 406 g/mol. The summed E-state index contributed by atoms with van der Waals surface area (Å²) in [5.41, 5.74) is 5.18. The standard InChI is InChI=1S/C25H30N2O3/c1-27-21-14-22(20-11-9-18(10-12-20)8-5-13-28)24(23(27)16-26-15-21)25(29)30-17-19-6-3-2-4-7-19/h2-4,6-7,9-12,21,23,26,28H,5,8,13-17H2,1H3. The van der Waals surface area contributed by atoms with Crippen molar-refractivity contribution >= 4 is 11.5 Å². The third-order valence-electron chi connectivity index (χ3n) is 6.24. The van der Waals surface area contributed by atoms with Crippen molar-refractivity contribution in [1.29, 1.82) is 0 Å². The number of rotatable bonds is 7. The van der Waals surface area contributed by atoms with E-state index < -0.39 is 0 Å². The van der Waals surface area contributed by atoms with E-state index in [4.69, 9.17) is 9.84 Å². The highest BCUT2D eigenvalue weighted by Crippen LogP contribution is 2.36. The second-order valence-electron chi connectivity index (χ2n) is 8.18. The predicted molar refractivity (Wildman–Crippen MR) is 118 cm³/mol. The molecule has 2 aliphatic heterocycles. The second kappa shape index (κ2) is 9.56. The molecule has 0 saturated carbocycles. The van der Waals surface area contributed by atoms with Gasteiger partial charge in [-0.2, -0.15) is 0 Å². The molecule has 2 bridgehead atoms. The molecule has 30 heavy (non-hydrogen) atoms. The van der Waals surface area contributed by atoms with Gasteiger partial charge in [0.1, 0.15) is 6.61 Å². The summed E-state index contributed by atoms with van der Waals surface area (Å²) in [5.74, 6) is -0.225. The first-order chi connectivity index (χ1) is 14.7. The highest BCUT2D eigenvalue weighted by molar-refractivity contribution is 5.99. The molecule has 4 rings (SSSR count). The molecule has 158 valence electrons. The molecule has 2 aromatic rings. The minimum Gasteiger partial charge on any atom is -0.457 e. The number of aryl methyl sites for hydroxylation is 1. The zero-order valence-corrected chi connectivity index (χ0v) is 17.5. The average Bonchev–Trinajstić information content (AvgIpc) is 2.77. The first-order valence-electron chi connectivity index (χ1n) is 10.7. The van der Waals surface area contributed by atoms with Crippen LogP contribution < -0.4 is 5.32 Å². The number of fused-ring (bicyclic) bond motifs is 2. The Bertz CT molecular complexity index is 892. The largest absolute Gasteiger partial charge is 0.457 e. The molecule has 5 heteroatoms. The fourth-order valence-corrected chi connectivity index (χ4v) is 4.49. The molecule has 0 aromatic heterocycles. The van der Waals surface area contributed by atoms with Crippen molar-refractivity contribution in [2.24, 2.45) is 0 Å². The number of aliphatic hydroxyl groups is 1. The van der Waals surface area contributed by atoms with Gasteiger partial charge in [0.15, 0.2) is 0 Å². The fourth-order valence-electron chi connectivity index (χ4n) is 4.49. The Morgan fingerprint density at radius 2 is 1.87 bits per heavy atom. The van der Waals surface area contributed by atoms with Crippen molar-refractivity contribution in [3.05, 3.63) is 76.9 Å². The molecule has 0 amide bonds. The molecular formula is C25H30N2O3. The Balaban J connectivity index is 1.62. The van der Waals surface area contributed by atoms with Crippen molar-refractivity contribution in [3.63, 3.8) is 0 Å². The number of nitrogens with one attached hydrogen (secondary N) is 1. The lowest BCUT2D eigenvalue weighted by molar-refractivity contribution is -0.141. The molecule has 2 aromatic carbocycles. The third kappa shape index (κ3) is 4.48. The van der Waals surface area contributed by atoms with Gasteiger partial charge in [0.05, 0.1) is 11.6 Å². The number of likely N-dealkylation sites (N-methyl/N-ethyl adjacent to an activating group) is 1. The van der Waals surface area contributed by atoms with Crippen LogP contribution in [0.1, 0.15) is 29.5 Å². The number of esters is 1. The number of aliphatic hydroxyl groups excluding tert-OH is 1. The number of carbonyl (C=O) groups excluding carboxylic acids is 1. The Hall–Kier alpha value is -2.47. The van der Waals surface area contributed by atoms with Gasteiger partial charge in [-0.25, -0.2) is 4.79 Å². The lowest BCUT2D eigenvalue weighted by Crippen LogP contribution is -2.59. The molecule has 2 heterocycles. The van der Waals surface area contributed by atoms with Crippen molar-refractivity contribution in [2.45, 2.75) is 38.0 Å². The molecule has 1 saturated heterocycles. The van der Waals surface area contributed by atoms with Gasteiger partial charge >= 0.3 is 5.97 Å². The lowest BCUT2D eigenvalue weighted by Gasteiger charge is -2.45. The minimum absolute atomic E-state index is 0.0184. The van der Waals surface area contributed by atoms with Crippen LogP contribution in [0.25, 0.3) is 5.57 Å². The topological polar surface area (TPSA) is 61.8 Å². The molecule has 0 radical (unpaired) electrons. The number of carbonyl (C=O) groups is 1. The number of piperazine rings is 1. The van der Waals surface area contributed by atoms with Gasteiger partial charge in [-0.3, -0.25) is 4.90 Å². The third-order valence-corrected chi connectivity index (χ3v) is 6.24. The maximum absolute atomic E-state index is 13.2. The summed E-state index contributed by atoms with van der Waals surface area (Å²) in [6.45, 7) is 2.16. The SMILES string of the molecule is CN1C2CNCC1C(C(=O)OCc1ccccc1)=C(c1ccc(CCCO)cc1)C2. The summed E-state index contributed by atoms with van der Waals surface area (Å²) in [4.78, 5) is 15.6. The highest BCUT2D eigenvalue weighted by Gasteiger charge is 2.40. The van der Waals surface area contributed by atoms with Gasteiger partial charge in [0.2, 0.25) is 0 Å². The lowest BCUT2D eigenvalue weighted by atomic mass is 9.82. The summed E-state index contributed by atoms with van der Waals surface area (Å²) in [7, 11) is 2.11. The van der Waals surface area contributed by atoms with Gasteiger partial charge in [-0.1, -0.05) is 54.6 Å². The van der Waals surface area contributed by atoms with Crippen molar-refractivity contribution in [1.82, 2.24) is 10.2 Å². The molecule has 2 atom stereocenters. The predicted octanol–water partition coefficient (Wildman–Crippen LogP) is 2.78. The smallest absolute Gasteiger partial charge is 0.336 e. The normalized spacial score (nSPS) is 21.5. The number of hydrogen-bond acceptors (Lipinski definition) is 5. The molecular weight excluding hydrogens is 376 g/mol. The van der Waals surface area contributed by atoms with E-state index in [0.717, 1.165) is 54.6 Å². The molecule has 0 aliphatic carbocycles. The molecule has 1 fully saturated rings. The van der Waals surface area contributed by atoms with E-state index >= 15 is 0 Å². The van der Waals surface area contributed by atoms with E-state index in [1.807, 2.05) is 30.3 Å². The molecule has 5 nitrogen and oxygen atoms in total. The second-order valence-corrected chi connectivity index (χ2v) is 8.18. The zero-order chi connectivity index (χ0) is 20.9. The van der Waals surface area contributed by atoms with Crippen molar-refractivity contribution in [2.75, 3.05) is 26.7 Å². The van der Waals surface area contributed by atoms with Gasteiger partial charge < -0.3 is 15.2 Å². The van der Waals surface area contributed by atoms with Crippen LogP contribution in [-0.2, 0) is 22.6 Å². The van der Waals surface area contributed by atoms with Crippen molar-refractivity contribution in [3.8, 4) is 0 Å². The van der Waals surface area contributed by atoms with Gasteiger partial charge in [0, 0.05) is 25.7 Å². The zero-order valence-electron chi connectivity index (χ0n) is 17.5. The first kappa shape index (κ1) is 20.8. The summed E-state index contributed by atoms with van der Waals surface area (Å²) in [5, 5.41) is 12.5. The van der Waals surface area contributed by atoms with Gasteiger partial charge in [-0.15, -0.1) is 0 Å². The Morgan fingerprint density at radius 1 is 1.10 bits per heavy atom. The summed E-state index contributed by atoms with van der Waals surface area (Å²) in [6, 6.07) is 18.6. The number of nitrogens with zero attached hydrogens (tertiary/aromatic N) is 1. The maximum Gasteiger partial charge on any atom is 0.336 e. The van der Waals surface area contributed by atoms with E-state index in [2.05, 4.69) is 41.5 Å². The maximum atomic E-state index is 13.2. The summed E-state index contributed by atoms with van der Waals surface area (Å²) < 4.78 is 5.76. The van der Waals surface area contributed by atoms with Gasteiger partial charge in [0.25, 0.3) is 0 Å². The molecule has 0 spiro atoms. The van der Waals surface area contributed by atoms with Gasteiger partial charge in [-0.05, 0) is 48.6 Å². The van der Waals surface area contributed by atoms with Crippen LogP contribution in [0.15, 0.2) is 60.2 Å². The van der Waals surface area contributed by atoms with E-state index in [-0.39, 0.29) is 25.2 Å². The molecule has 2 unspecified atom stereocenters. The van der Waals surface area contributed by atoms with Crippen LogP contribution in [0.2, 0.25) is 0 Å². The minimum atomic E-state index is -0.225. The van der Waals surface area contributed by atoms with Crippen LogP contribution in [0, 0.1) is 0 Å². The van der Waals surface area contributed by atoms with Crippen LogP contribution in [0.4, 0.5) is 0 Å². The van der Waals surface area contributed by atoms with Crippen molar-refractivity contribution < 1.29 is 14.6 Å². The van der Waals surface area contributed by atoms with E-state index in [1.165, 1.54) is 5.56 Å².